The first-order valence-corrected chi connectivity index (χ1v) is 5.81. The maximum absolute atomic E-state index is 5.60. The lowest BCUT2D eigenvalue weighted by molar-refractivity contribution is 0.319. The Morgan fingerprint density at radius 2 is 2.19 bits per heavy atom. The predicted octanol–water partition coefficient (Wildman–Crippen LogP) is 4.02. The van der Waals surface area contributed by atoms with Crippen molar-refractivity contribution < 1.29 is 9.47 Å². The van der Waals surface area contributed by atoms with E-state index >= 15 is 0 Å². The number of hydrogen-bond donors (Lipinski definition) is 0. The minimum atomic E-state index is 0.498. The minimum absolute atomic E-state index is 0.498. The van der Waals surface area contributed by atoms with Crippen LogP contribution in [0.1, 0.15) is 12.5 Å². The van der Waals surface area contributed by atoms with Gasteiger partial charge in [-0.2, -0.15) is 0 Å². The van der Waals surface area contributed by atoms with Crippen molar-refractivity contribution >= 4 is 22.0 Å². The van der Waals surface area contributed by atoms with Gasteiger partial charge in [-0.15, -0.1) is 0 Å². The van der Waals surface area contributed by atoms with Gasteiger partial charge < -0.3 is 9.47 Å². The third kappa shape index (κ3) is 3.74. The molecule has 86 valence electrons. The van der Waals surface area contributed by atoms with Gasteiger partial charge in [0, 0.05) is 0 Å². The highest BCUT2D eigenvalue weighted by atomic mass is 79.9. The minimum Gasteiger partial charge on any atom is -0.493 e. The first kappa shape index (κ1) is 12.8. The van der Waals surface area contributed by atoms with Gasteiger partial charge in [-0.1, -0.05) is 28.6 Å². The number of halogens is 1. The van der Waals surface area contributed by atoms with Crippen LogP contribution in [0.25, 0.3) is 6.08 Å². The second kappa shape index (κ2) is 6.38. The Morgan fingerprint density at radius 1 is 1.44 bits per heavy atom. The van der Waals surface area contributed by atoms with Crippen molar-refractivity contribution in [2.75, 3.05) is 13.7 Å². The summed E-state index contributed by atoms with van der Waals surface area (Å²) in [5.41, 5.74) is 2.03. The number of hydrogen-bond acceptors (Lipinski definition) is 2. The van der Waals surface area contributed by atoms with Gasteiger partial charge in [-0.05, 0) is 41.3 Å². The lowest BCUT2D eigenvalue weighted by Gasteiger charge is -2.11. The van der Waals surface area contributed by atoms with Gasteiger partial charge in [-0.25, -0.2) is 0 Å². The second-order valence-corrected chi connectivity index (χ2v) is 3.98. The second-order valence-electron chi connectivity index (χ2n) is 3.45. The lowest BCUT2D eigenvalue weighted by Crippen LogP contribution is -1.99. The molecular weight excluding hydrogens is 268 g/mol. The maximum atomic E-state index is 5.60. The van der Waals surface area contributed by atoms with E-state index in [0.717, 1.165) is 22.6 Å². The van der Waals surface area contributed by atoms with Crippen LogP contribution >= 0.6 is 15.9 Å². The first-order chi connectivity index (χ1) is 7.67. The molecule has 0 N–H and O–H groups in total. The topological polar surface area (TPSA) is 18.5 Å². The van der Waals surface area contributed by atoms with Gasteiger partial charge in [0.2, 0.25) is 0 Å². The van der Waals surface area contributed by atoms with Crippen molar-refractivity contribution in [2.24, 2.45) is 0 Å². The molecule has 2 nitrogen and oxygen atoms in total. The van der Waals surface area contributed by atoms with Gasteiger partial charge in [0.1, 0.15) is 6.61 Å². The van der Waals surface area contributed by atoms with Gasteiger partial charge in [-0.3, -0.25) is 0 Å². The Kier molecular flexibility index (Phi) is 5.12. The fourth-order valence-electron chi connectivity index (χ4n) is 1.18. The fourth-order valence-corrected chi connectivity index (χ4v) is 1.49. The molecule has 0 amide bonds. The zero-order chi connectivity index (χ0) is 12.0. The van der Waals surface area contributed by atoms with E-state index in [2.05, 4.69) is 22.5 Å². The molecule has 0 aliphatic heterocycles. The van der Waals surface area contributed by atoms with Crippen molar-refractivity contribution in [1.29, 1.82) is 0 Å². The molecule has 0 fully saturated rings. The first-order valence-electron chi connectivity index (χ1n) is 4.89. The molecule has 0 aromatic heterocycles. The van der Waals surface area contributed by atoms with Crippen LogP contribution in [0.3, 0.4) is 0 Å². The molecule has 0 aliphatic carbocycles. The highest BCUT2D eigenvalue weighted by molar-refractivity contribution is 9.11. The summed E-state index contributed by atoms with van der Waals surface area (Å²) in [6.07, 6.45) is 1.94. The highest BCUT2D eigenvalue weighted by Gasteiger charge is 2.04. The molecule has 0 heterocycles. The molecule has 1 rings (SSSR count). The SMILES string of the molecule is C=C(C)COc1cc(/C=C/Br)ccc1OC. The molecule has 0 bridgehead atoms. The third-order valence-electron chi connectivity index (χ3n) is 1.92. The Balaban J connectivity index is 2.92. The fraction of sp³-hybridized carbons (Fsp3) is 0.231. The van der Waals surface area contributed by atoms with E-state index in [-0.39, 0.29) is 0 Å². The zero-order valence-electron chi connectivity index (χ0n) is 9.50. The third-order valence-corrected chi connectivity index (χ3v) is 2.18. The van der Waals surface area contributed by atoms with E-state index in [1.54, 1.807) is 12.1 Å². The smallest absolute Gasteiger partial charge is 0.162 e. The summed E-state index contributed by atoms with van der Waals surface area (Å²) >= 11 is 3.24. The molecule has 1 aromatic carbocycles. The molecule has 0 saturated carbocycles. The summed E-state index contributed by atoms with van der Waals surface area (Å²) in [5, 5.41) is 0. The molecular formula is C13H15BrO2. The lowest BCUT2D eigenvalue weighted by atomic mass is 10.2. The van der Waals surface area contributed by atoms with Crippen LogP contribution in [-0.4, -0.2) is 13.7 Å². The van der Waals surface area contributed by atoms with Crippen LogP contribution in [0.15, 0.2) is 35.3 Å². The van der Waals surface area contributed by atoms with E-state index in [9.17, 15) is 0 Å². The van der Waals surface area contributed by atoms with Crippen molar-refractivity contribution in [1.82, 2.24) is 0 Å². The Labute approximate surface area is 105 Å². The van der Waals surface area contributed by atoms with Crippen molar-refractivity contribution in [3.8, 4) is 11.5 Å². The Hall–Kier alpha value is -1.22. The van der Waals surface area contributed by atoms with E-state index in [1.165, 1.54) is 0 Å². The van der Waals surface area contributed by atoms with E-state index in [1.807, 2.05) is 31.2 Å². The number of ether oxygens (including phenoxy) is 2. The molecule has 0 saturated heterocycles. The van der Waals surface area contributed by atoms with Crippen LogP contribution in [0, 0.1) is 0 Å². The van der Waals surface area contributed by atoms with Crippen LogP contribution in [0.2, 0.25) is 0 Å². The number of methoxy groups -OCH3 is 1. The molecule has 0 radical (unpaired) electrons. The predicted molar refractivity (Wildman–Crippen MR) is 71.3 cm³/mol. The standard InChI is InChI=1S/C13H15BrO2/c1-10(2)9-16-13-8-11(6-7-14)4-5-12(13)15-3/h4-8H,1,9H2,2-3H3/b7-6+. The molecule has 0 spiro atoms. The molecule has 0 unspecified atom stereocenters. The summed E-state index contributed by atoms with van der Waals surface area (Å²) in [6, 6.07) is 5.78. The van der Waals surface area contributed by atoms with E-state index in [0.29, 0.717) is 6.61 Å². The molecule has 3 heteroatoms. The van der Waals surface area contributed by atoms with Gasteiger partial charge in [0.25, 0.3) is 0 Å². The molecule has 1 aromatic rings. The maximum Gasteiger partial charge on any atom is 0.162 e. The monoisotopic (exact) mass is 282 g/mol. The van der Waals surface area contributed by atoms with Gasteiger partial charge >= 0.3 is 0 Å². The molecule has 0 atom stereocenters. The normalized spacial score (nSPS) is 10.4. The van der Waals surface area contributed by atoms with Crippen LogP contribution < -0.4 is 9.47 Å². The molecule has 16 heavy (non-hydrogen) atoms. The van der Waals surface area contributed by atoms with Gasteiger partial charge in [0.05, 0.1) is 7.11 Å². The Bertz CT molecular complexity index is 397. The van der Waals surface area contributed by atoms with Crippen molar-refractivity contribution in [2.45, 2.75) is 6.92 Å². The average molecular weight is 283 g/mol. The van der Waals surface area contributed by atoms with Crippen LogP contribution in [0.4, 0.5) is 0 Å². The van der Waals surface area contributed by atoms with E-state index < -0.39 is 0 Å². The van der Waals surface area contributed by atoms with E-state index in [4.69, 9.17) is 9.47 Å². The quantitative estimate of drug-likeness (QED) is 0.760. The average Bonchev–Trinajstić information content (AvgIpc) is 2.27. The summed E-state index contributed by atoms with van der Waals surface area (Å²) in [5.74, 6) is 1.46. The zero-order valence-corrected chi connectivity index (χ0v) is 11.1. The largest absolute Gasteiger partial charge is 0.493 e. The van der Waals surface area contributed by atoms with Crippen LogP contribution in [-0.2, 0) is 0 Å². The number of benzene rings is 1. The van der Waals surface area contributed by atoms with Gasteiger partial charge in [0.15, 0.2) is 11.5 Å². The highest BCUT2D eigenvalue weighted by Crippen LogP contribution is 2.28. The van der Waals surface area contributed by atoms with Crippen molar-refractivity contribution in [3.05, 3.63) is 40.9 Å². The van der Waals surface area contributed by atoms with Crippen LogP contribution in [0.5, 0.6) is 11.5 Å². The summed E-state index contributed by atoms with van der Waals surface area (Å²) in [6.45, 7) is 6.22. The summed E-state index contributed by atoms with van der Waals surface area (Å²) < 4.78 is 10.8. The number of rotatable bonds is 5. The molecule has 0 aliphatic rings. The Morgan fingerprint density at radius 3 is 2.75 bits per heavy atom. The van der Waals surface area contributed by atoms with Crippen molar-refractivity contribution in [3.63, 3.8) is 0 Å². The summed E-state index contributed by atoms with van der Waals surface area (Å²) in [7, 11) is 1.63. The summed E-state index contributed by atoms with van der Waals surface area (Å²) in [4.78, 5) is 1.80.